The lowest BCUT2D eigenvalue weighted by atomic mass is 9.97. The summed E-state index contributed by atoms with van der Waals surface area (Å²) in [5.74, 6) is -5.41. The average molecular weight is 514 g/mol. The number of benzene rings is 1. The molecule has 1 aromatic rings. The number of nitrogens with one attached hydrogen (secondary N) is 1. The molecule has 1 aromatic carbocycles. The number of likely N-dealkylation sites (tertiary alicyclic amines) is 1. The van der Waals surface area contributed by atoms with Gasteiger partial charge in [0, 0.05) is 50.9 Å². The molecule has 3 fully saturated rings. The minimum absolute atomic E-state index is 0.00644. The first kappa shape index (κ1) is 25.4. The summed E-state index contributed by atoms with van der Waals surface area (Å²) in [4.78, 5) is 27.4. The molecule has 1 N–H and O–H groups in total. The van der Waals surface area contributed by atoms with Gasteiger partial charge in [0.05, 0.1) is 17.9 Å². The summed E-state index contributed by atoms with van der Waals surface area (Å²) < 4.78 is 68.9. The lowest BCUT2D eigenvalue weighted by Gasteiger charge is -2.41. The molecular formula is C22H26F3N5O4S. The van der Waals surface area contributed by atoms with Crippen LogP contribution in [0.1, 0.15) is 31.2 Å². The fraction of sp³-hybridized carbons (Fsp3) is 0.591. The summed E-state index contributed by atoms with van der Waals surface area (Å²) in [6, 6.07) is 2.41. The summed E-state index contributed by atoms with van der Waals surface area (Å²) in [7, 11) is -3.77. The Morgan fingerprint density at radius 1 is 1.06 bits per heavy atom. The van der Waals surface area contributed by atoms with Crippen LogP contribution in [0.2, 0.25) is 0 Å². The number of amides is 2. The van der Waals surface area contributed by atoms with Crippen molar-refractivity contribution >= 4 is 22.0 Å². The van der Waals surface area contributed by atoms with Gasteiger partial charge in [-0.25, -0.2) is 13.2 Å². The summed E-state index contributed by atoms with van der Waals surface area (Å²) in [6.45, 7) is 0.426. The van der Waals surface area contributed by atoms with Crippen LogP contribution in [0, 0.1) is 40.6 Å². The molecule has 0 aromatic heterocycles. The lowest BCUT2D eigenvalue weighted by Crippen LogP contribution is -2.57. The van der Waals surface area contributed by atoms with Crippen molar-refractivity contribution in [1.29, 1.82) is 5.26 Å². The minimum atomic E-state index is -3.77. The lowest BCUT2D eigenvalue weighted by molar-refractivity contribution is -0.142. The molecule has 0 radical (unpaired) electrons. The van der Waals surface area contributed by atoms with Crippen LogP contribution in [-0.2, 0) is 26.3 Å². The van der Waals surface area contributed by atoms with Crippen molar-refractivity contribution in [3.63, 3.8) is 0 Å². The van der Waals surface area contributed by atoms with E-state index in [1.165, 1.54) is 13.5 Å². The van der Waals surface area contributed by atoms with E-state index in [1.54, 1.807) is 0 Å². The van der Waals surface area contributed by atoms with E-state index in [0.717, 1.165) is 6.07 Å². The number of piperidine rings is 1. The van der Waals surface area contributed by atoms with Gasteiger partial charge in [0.1, 0.15) is 11.9 Å². The van der Waals surface area contributed by atoms with E-state index in [-0.39, 0.29) is 43.6 Å². The normalized spacial score (nSPS) is 24.1. The van der Waals surface area contributed by atoms with Gasteiger partial charge >= 0.3 is 0 Å². The molecule has 3 aliphatic rings. The molecule has 0 saturated carbocycles. The Balaban J connectivity index is 1.38. The summed E-state index contributed by atoms with van der Waals surface area (Å²) in [5, 5.41) is 11.4. The van der Waals surface area contributed by atoms with Gasteiger partial charge in [-0.1, -0.05) is 0 Å². The zero-order valence-electron chi connectivity index (χ0n) is 18.9. The molecule has 13 heteroatoms. The third kappa shape index (κ3) is 5.14. The number of carbonyl (C=O) groups is 2. The van der Waals surface area contributed by atoms with Crippen molar-refractivity contribution in [3.05, 3.63) is 35.1 Å². The van der Waals surface area contributed by atoms with E-state index in [1.807, 2.05) is 6.07 Å². The van der Waals surface area contributed by atoms with E-state index in [0.29, 0.717) is 38.3 Å². The number of nitriles is 1. The van der Waals surface area contributed by atoms with Gasteiger partial charge in [0.2, 0.25) is 11.8 Å². The SMILES string of the molecule is N#CC1CN(S(=O)(=O)N2CCC[C@H](C(=O)N3CCC[C@@H]3C(=O)NCc3cc(F)cc(F)c3F)C2)C1. The Hall–Kier alpha value is -2.69. The van der Waals surface area contributed by atoms with Crippen molar-refractivity contribution in [2.24, 2.45) is 11.8 Å². The first-order valence-corrected chi connectivity index (χ1v) is 12.9. The topological polar surface area (TPSA) is 114 Å². The zero-order valence-corrected chi connectivity index (χ0v) is 19.7. The molecule has 0 spiro atoms. The highest BCUT2D eigenvalue weighted by molar-refractivity contribution is 7.86. The fourth-order valence-corrected chi connectivity index (χ4v) is 6.59. The van der Waals surface area contributed by atoms with Gasteiger partial charge in [-0.3, -0.25) is 9.59 Å². The summed E-state index contributed by atoms with van der Waals surface area (Å²) in [5.41, 5.74) is -0.343. The van der Waals surface area contributed by atoms with E-state index < -0.39 is 52.1 Å². The third-order valence-electron chi connectivity index (χ3n) is 6.78. The highest BCUT2D eigenvalue weighted by atomic mass is 32.2. The van der Waals surface area contributed by atoms with Crippen LogP contribution in [0.5, 0.6) is 0 Å². The van der Waals surface area contributed by atoms with Gasteiger partial charge in [0.25, 0.3) is 10.2 Å². The van der Waals surface area contributed by atoms with Crippen molar-refractivity contribution in [2.45, 2.75) is 38.3 Å². The molecule has 3 saturated heterocycles. The molecule has 35 heavy (non-hydrogen) atoms. The molecule has 190 valence electrons. The Bertz CT molecular complexity index is 1150. The van der Waals surface area contributed by atoms with Crippen molar-refractivity contribution < 1.29 is 31.2 Å². The van der Waals surface area contributed by atoms with Crippen LogP contribution >= 0.6 is 0 Å². The molecule has 0 aliphatic carbocycles. The maximum absolute atomic E-state index is 13.9. The van der Waals surface area contributed by atoms with E-state index in [4.69, 9.17) is 5.26 Å². The average Bonchev–Trinajstić information content (AvgIpc) is 3.29. The molecule has 2 amide bonds. The number of hydrogen-bond donors (Lipinski definition) is 1. The van der Waals surface area contributed by atoms with Crippen molar-refractivity contribution in [2.75, 3.05) is 32.7 Å². The molecule has 3 heterocycles. The van der Waals surface area contributed by atoms with Crippen molar-refractivity contribution in [3.8, 4) is 6.07 Å². The molecule has 2 atom stereocenters. The predicted molar refractivity (Wildman–Crippen MR) is 117 cm³/mol. The molecule has 3 aliphatic heterocycles. The second kappa shape index (κ2) is 10.1. The van der Waals surface area contributed by atoms with E-state index in [2.05, 4.69) is 5.32 Å². The molecule has 0 bridgehead atoms. The van der Waals surface area contributed by atoms with Crippen LogP contribution < -0.4 is 5.32 Å². The largest absolute Gasteiger partial charge is 0.350 e. The maximum atomic E-state index is 13.9. The third-order valence-corrected chi connectivity index (χ3v) is 8.71. The summed E-state index contributed by atoms with van der Waals surface area (Å²) in [6.07, 6.45) is 1.89. The highest BCUT2D eigenvalue weighted by Gasteiger charge is 2.44. The Morgan fingerprint density at radius 2 is 1.77 bits per heavy atom. The Kier molecular flexibility index (Phi) is 7.35. The van der Waals surface area contributed by atoms with E-state index in [9.17, 15) is 31.2 Å². The second-order valence-corrected chi connectivity index (χ2v) is 11.0. The van der Waals surface area contributed by atoms with E-state index >= 15 is 0 Å². The number of rotatable bonds is 6. The van der Waals surface area contributed by atoms with Gasteiger partial charge in [-0.2, -0.15) is 22.3 Å². The molecule has 0 unspecified atom stereocenters. The Morgan fingerprint density at radius 3 is 2.49 bits per heavy atom. The first-order chi connectivity index (χ1) is 16.6. The van der Waals surface area contributed by atoms with Gasteiger partial charge in [-0.05, 0) is 31.7 Å². The zero-order chi connectivity index (χ0) is 25.3. The molecule has 4 rings (SSSR count). The predicted octanol–water partition coefficient (Wildman–Crippen LogP) is 1.12. The smallest absolute Gasteiger partial charge is 0.282 e. The Labute approximate surface area is 201 Å². The van der Waals surface area contributed by atoms with Crippen LogP contribution in [0.25, 0.3) is 0 Å². The van der Waals surface area contributed by atoms with Gasteiger partial charge < -0.3 is 10.2 Å². The molecular weight excluding hydrogens is 487 g/mol. The van der Waals surface area contributed by atoms with Gasteiger partial charge in [0.15, 0.2) is 11.6 Å². The van der Waals surface area contributed by atoms with Crippen LogP contribution in [0.15, 0.2) is 12.1 Å². The fourth-order valence-electron chi connectivity index (χ4n) is 4.80. The van der Waals surface area contributed by atoms with Crippen molar-refractivity contribution in [1.82, 2.24) is 18.8 Å². The van der Waals surface area contributed by atoms with Crippen LogP contribution in [0.4, 0.5) is 13.2 Å². The van der Waals surface area contributed by atoms with Crippen LogP contribution in [-0.4, -0.2) is 72.5 Å². The first-order valence-electron chi connectivity index (χ1n) is 11.5. The quantitative estimate of drug-likeness (QED) is 0.573. The summed E-state index contributed by atoms with van der Waals surface area (Å²) >= 11 is 0. The monoisotopic (exact) mass is 513 g/mol. The number of nitrogens with zero attached hydrogens (tertiary/aromatic N) is 4. The van der Waals surface area contributed by atoms with Crippen LogP contribution in [0.3, 0.4) is 0 Å². The number of halogens is 3. The van der Waals surface area contributed by atoms with Gasteiger partial charge in [-0.15, -0.1) is 0 Å². The highest BCUT2D eigenvalue weighted by Crippen LogP contribution is 2.29. The number of hydrogen-bond acceptors (Lipinski definition) is 5. The number of carbonyl (C=O) groups excluding carboxylic acids is 2. The standard InChI is InChI=1S/C22H26F3N5O4S/c23-17-7-16(20(25)18(24)8-17)10-27-21(31)19-4-2-6-30(19)22(32)15-3-1-5-28(13-15)35(33,34)29-11-14(9-26)12-29/h7-8,14-15,19H,1-6,10-13H2,(H,27,31)/t15-,19+/m0/s1. The maximum Gasteiger partial charge on any atom is 0.282 e. The second-order valence-electron chi connectivity index (χ2n) is 9.12. The molecule has 9 nitrogen and oxygen atoms in total. The minimum Gasteiger partial charge on any atom is -0.350 e.